The first kappa shape index (κ1) is 24.2. The zero-order valence-corrected chi connectivity index (χ0v) is 21.8. The van der Waals surface area contributed by atoms with Crippen molar-refractivity contribution in [3.05, 3.63) is 56.4 Å². The number of aromatic nitrogens is 3. The number of fused-ring (bicyclic) bond motifs is 4. The van der Waals surface area contributed by atoms with Crippen LogP contribution in [0.15, 0.2) is 39.4 Å². The minimum atomic E-state index is -2.01. The van der Waals surface area contributed by atoms with Gasteiger partial charge in [0.1, 0.15) is 0 Å². The Bertz CT molecular complexity index is 1430. The van der Waals surface area contributed by atoms with E-state index in [1.807, 2.05) is 0 Å². The number of carbonyl (C=O) groups excluding carboxylic acids is 2. The van der Waals surface area contributed by atoms with Gasteiger partial charge in [-0.05, 0) is 18.6 Å². The summed E-state index contributed by atoms with van der Waals surface area (Å²) in [5, 5.41) is 11.2. The van der Waals surface area contributed by atoms with Crippen LogP contribution in [-0.2, 0) is 23.2 Å². The van der Waals surface area contributed by atoms with Crippen molar-refractivity contribution in [2.45, 2.75) is 41.6 Å². The number of nitrogens with zero attached hydrogens (tertiary/aromatic N) is 4. The van der Waals surface area contributed by atoms with Gasteiger partial charge in [0, 0.05) is 24.9 Å². The zero-order chi connectivity index (χ0) is 25.4. The lowest BCUT2D eigenvalue weighted by atomic mass is 9.64. The van der Waals surface area contributed by atoms with Gasteiger partial charge >= 0.3 is 11.4 Å². The molecule has 4 atom stereocenters. The van der Waals surface area contributed by atoms with E-state index in [0.29, 0.717) is 5.57 Å². The maximum Gasteiger partial charge on any atom is 0.347 e. The summed E-state index contributed by atoms with van der Waals surface area (Å²) in [6.45, 7) is 2.07. The Balaban J connectivity index is 1.83. The number of allylic oxidation sites excluding steroid dienone is 2. The van der Waals surface area contributed by atoms with E-state index in [1.165, 1.54) is 16.4 Å². The molecule has 2 aromatic rings. The van der Waals surface area contributed by atoms with E-state index in [1.54, 1.807) is 31.2 Å². The first-order valence-electron chi connectivity index (χ1n) is 10.9. The van der Waals surface area contributed by atoms with Crippen LogP contribution < -0.4 is 16.1 Å². The molecule has 186 valence electrons. The Morgan fingerprint density at radius 3 is 2.54 bits per heavy atom. The summed E-state index contributed by atoms with van der Waals surface area (Å²) >= 11 is 17.3. The second-order valence-electron chi connectivity index (χ2n) is 8.71. The molecule has 5 rings (SSSR count). The molecule has 1 aromatic carbocycles. The monoisotopic (exact) mass is 586 g/mol. The van der Waals surface area contributed by atoms with E-state index < -0.39 is 44.9 Å². The predicted molar refractivity (Wildman–Crippen MR) is 131 cm³/mol. The Hall–Kier alpha value is -2.50. The van der Waals surface area contributed by atoms with Crippen molar-refractivity contribution in [2.24, 2.45) is 7.05 Å². The molecule has 2 fully saturated rings. The van der Waals surface area contributed by atoms with Crippen LogP contribution >= 0.6 is 39.1 Å². The van der Waals surface area contributed by atoms with E-state index in [4.69, 9.17) is 27.9 Å². The number of hydrogen-bond acceptors (Lipinski definition) is 6. The summed E-state index contributed by atoms with van der Waals surface area (Å²) in [7, 11) is 1.36. The fourth-order valence-electron chi connectivity index (χ4n) is 5.51. The third kappa shape index (κ3) is 2.88. The molecule has 3 heterocycles. The van der Waals surface area contributed by atoms with Crippen molar-refractivity contribution in [2.75, 3.05) is 12.1 Å². The van der Waals surface area contributed by atoms with Crippen LogP contribution in [0.1, 0.15) is 30.9 Å². The molecule has 2 aliphatic heterocycles. The lowest BCUT2D eigenvalue weighted by molar-refractivity contribution is -0.138. The van der Waals surface area contributed by atoms with Crippen LogP contribution in [0.4, 0.5) is 0 Å². The number of phenols is 1. The second-order valence-corrected chi connectivity index (χ2v) is 10.4. The molecule has 1 saturated heterocycles. The van der Waals surface area contributed by atoms with E-state index in [-0.39, 0.29) is 42.1 Å². The summed E-state index contributed by atoms with van der Waals surface area (Å²) in [5.41, 5.74) is -0.515. The first-order valence-corrected chi connectivity index (χ1v) is 12.7. The standard InChI is InChI=1S/C22H21BrCl2N4O6/c1-3-35-14-6-4-5-12(16(14)30)15-11-7-8-28-19(33)26(2)20(34)29(28)13(11)9-21(24)17(31)27(10-23)18(32)22(15,21)25/h4-7,13,15,30H,3,8-10H2,1-2H3/t13-,15-,21-,22+/m1/s1. The number of benzene rings is 1. The number of ether oxygens (including phenoxy) is 1. The summed E-state index contributed by atoms with van der Waals surface area (Å²) in [6, 6.07) is 3.93. The topological polar surface area (TPSA) is 116 Å². The molecule has 3 aliphatic rings. The number of hydrogen-bond donors (Lipinski definition) is 1. The van der Waals surface area contributed by atoms with E-state index in [0.717, 1.165) is 9.47 Å². The van der Waals surface area contributed by atoms with Gasteiger partial charge in [0.15, 0.2) is 21.2 Å². The second kappa shape index (κ2) is 8.01. The number of halogens is 3. The van der Waals surface area contributed by atoms with Crippen LogP contribution in [0.5, 0.6) is 11.5 Å². The third-order valence-corrected chi connectivity index (χ3v) is 9.03. The van der Waals surface area contributed by atoms with Crippen molar-refractivity contribution < 1.29 is 19.4 Å². The van der Waals surface area contributed by atoms with Gasteiger partial charge in [0.2, 0.25) is 0 Å². The normalized spacial score (nSPS) is 29.5. The molecule has 0 bridgehead atoms. The number of imide groups is 1. The van der Waals surface area contributed by atoms with Gasteiger partial charge in [-0.25, -0.2) is 23.5 Å². The smallest absolute Gasteiger partial charge is 0.347 e. The molecule has 1 aliphatic carbocycles. The van der Waals surface area contributed by atoms with E-state index >= 15 is 0 Å². The van der Waals surface area contributed by atoms with Gasteiger partial charge < -0.3 is 9.84 Å². The molecule has 0 spiro atoms. The number of aromatic hydroxyl groups is 1. The van der Waals surface area contributed by atoms with Gasteiger partial charge in [-0.3, -0.25) is 14.5 Å². The summed E-state index contributed by atoms with van der Waals surface area (Å²) in [6.07, 6.45) is 1.50. The fourth-order valence-corrected chi connectivity index (χ4v) is 6.91. The highest BCUT2D eigenvalue weighted by Crippen LogP contribution is 2.64. The molecule has 0 radical (unpaired) electrons. The lowest BCUT2D eigenvalue weighted by Crippen LogP contribution is -2.59. The molecule has 1 N–H and O–H groups in total. The highest BCUT2D eigenvalue weighted by atomic mass is 79.9. The average molecular weight is 588 g/mol. The molecule has 10 nitrogen and oxygen atoms in total. The highest BCUT2D eigenvalue weighted by Gasteiger charge is 2.75. The molecule has 0 unspecified atom stereocenters. The molecular weight excluding hydrogens is 567 g/mol. The van der Waals surface area contributed by atoms with Crippen molar-refractivity contribution in [3.63, 3.8) is 0 Å². The summed E-state index contributed by atoms with van der Waals surface area (Å²) in [4.78, 5) is 49.8. The molecule has 35 heavy (non-hydrogen) atoms. The quantitative estimate of drug-likeness (QED) is 0.252. The molecule has 1 saturated carbocycles. The largest absolute Gasteiger partial charge is 0.504 e. The number of alkyl halides is 3. The highest BCUT2D eigenvalue weighted by molar-refractivity contribution is 9.09. The first-order chi connectivity index (χ1) is 16.5. The molecule has 13 heteroatoms. The predicted octanol–water partition coefficient (Wildman–Crippen LogP) is 1.80. The van der Waals surface area contributed by atoms with E-state index in [9.17, 15) is 24.3 Å². The fraction of sp³-hybridized carbons (Fsp3) is 0.455. The summed E-state index contributed by atoms with van der Waals surface area (Å²) < 4.78 is 9.02. The van der Waals surface area contributed by atoms with Crippen molar-refractivity contribution in [1.29, 1.82) is 0 Å². The third-order valence-electron chi connectivity index (χ3n) is 7.11. The maximum absolute atomic E-state index is 13.6. The van der Waals surface area contributed by atoms with Gasteiger partial charge in [0.05, 0.1) is 24.6 Å². The lowest BCUT2D eigenvalue weighted by Gasteiger charge is -2.49. The zero-order valence-electron chi connectivity index (χ0n) is 18.7. The molecule has 1 aromatic heterocycles. The van der Waals surface area contributed by atoms with Crippen LogP contribution in [0, 0.1) is 0 Å². The van der Waals surface area contributed by atoms with Gasteiger partial charge in [-0.15, -0.1) is 23.2 Å². The minimum Gasteiger partial charge on any atom is -0.504 e. The van der Waals surface area contributed by atoms with Crippen molar-refractivity contribution in [1.82, 2.24) is 18.8 Å². The van der Waals surface area contributed by atoms with Crippen LogP contribution in [0.25, 0.3) is 0 Å². The SMILES string of the molecule is CCOc1cccc([C@H]2C3=CCn4c(=O)n(C)c(=O)n4[C@@H]3C[C@@]3(Cl)C(=O)N(CBr)C(=O)[C@@]23Cl)c1O. The van der Waals surface area contributed by atoms with Gasteiger partial charge in [-0.2, -0.15) is 0 Å². The van der Waals surface area contributed by atoms with Crippen molar-refractivity contribution in [3.8, 4) is 11.5 Å². The Morgan fingerprint density at radius 1 is 1.17 bits per heavy atom. The number of amides is 2. The molecule has 2 amide bonds. The Morgan fingerprint density at radius 2 is 1.89 bits per heavy atom. The van der Waals surface area contributed by atoms with Gasteiger partial charge in [-0.1, -0.05) is 34.1 Å². The number of phenolic OH excluding ortho intramolecular Hbond substituents is 1. The van der Waals surface area contributed by atoms with Crippen LogP contribution in [-0.4, -0.2) is 57.6 Å². The van der Waals surface area contributed by atoms with Crippen LogP contribution in [0.3, 0.4) is 0 Å². The Labute approximate surface area is 217 Å². The number of carbonyl (C=O) groups is 2. The Kier molecular flexibility index (Phi) is 5.54. The summed E-state index contributed by atoms with van der Waals surface area (Å²) in [5.74, 6) is -2.61. The van der Waals surface area contributed by atoms with Crippen molar-refractivity contribution >= 4 is 50.9 Å². The van der Waals surface area contributed by atoms with E-state index in [2.05, 4.69) is 15.9 Å². The average Bonchev–Trinajstić information content (AvgIpc) is 3.14. The maximum atomic E-state index is 13.6. The number of likely N-dealkylation sites (tertiary alicyclic amines) is 1. The van der Waals surface area contributed by atoms with Gasteiger partial charge in [0.25, 0.3) is 11.8 Å². The van der Waals surface area contributed by atoms with Crippen LogP contribution in [0.2, 0.25) is 0 Å². The number of rotatable bonds is 4. The molecular formula is C22H21BrCl2N4O6. The minimum absolute atomic E-state index is 0.0374. The number of para-hydroxylation sites is 1.